The Morgan fingerprint density at radius 2 is 2.00 bits per heavy atom. The molecule has 2 aromatic heterocycles. The van der Waals surface area contributed by atoms with E-state index >= 15 is 0 Å². The third-order valence-corrected chi connectivity index (χ3v) is 7.01. The van der Waals surface area contributed by atoms with Crippen molar-refractivity contribution in [2.75, 3.05) is 13.1 Å². The van der Waals surface area contributed by atoms with Crippen LogP contribution < -0.4 is 0 Å². The summed E-state index contributed by atoms with van der Waals surface area (Å²) in [5.41, 5.74) is 1.80. The number of rotatable bonds is 4. The second-order valence-corrected chi connectivity index (χ2v) is 9.41. The fraction of sp³-hybridized carbons (Fsp3) is 0.381. The van der Waals surface area contributed by atoms with Crippen LogP contribution in [0.3, 0.4) is 0 Å². The number of hydrogen-bond donors (Lipinski definition) is 0. The average molecular weight is 449 g/mol. The number of imidazole rings is 1. The lowest BCUT2D eigenvalue weighted by Gasteiger charge is -2.31. The van der Waals surface area contributed by atoms with Gasteiger partial charge in [0.25, 0.3) is 5.91 Å². The van der Waals surface area contributed by atoms with Crippen LogP contribution in [0, 0.1) is 13.8 Å². The molecule has 1 aliphatic heterocycles. The molecule has 0 spiro atoms. The SMILES string of the molecule is Cc1nc(C)c(C(=O)N2CCC(c3nccn3Cc3cc(Cl)ccc3Cl)CC2)s1. The zero-order valence-electron chi connectivity index (χ0n) is 16.4. The van der Waals surface area contributed by atoms with E-state index in [1.54, 1.807) is 6.07 Å². The lowest BCUT2D eigenvalue weighted by Crippen LogP contribution is -2.38. The Morgan fingerprint density at radius 3 is 2.69 bits per heavy atom. The van der Waals surface area contributed by atoms with Crippen molar-refractivity contribution in [3.63, 3.8) is 0 Å². The minimum absolute atomic E-state index is 0.0978. The summed E-state index contributed by atoms with van der Waals surface area (Å²) in [5, 5.41) is 2.30. The summed E-state index contributed by atoms with van der Waals surface area (Å²) >= 11 is 13.9. The Bertz CT molecular complexity index is 1040. The van der Waals surface area contributed by atoms with Gasteiger partial charge >= 0.3 is 0 Å². The minimum atomic E-state index is 0.0978. The number of hydrogen-bond acceptors (Lipinski definition) is 4. The molecule has 152 valence electrons. The van der Waals surface area contributed by atoms with E-state index in [4.69, 9.17) is 23.2 Å². The fourth-order valence-corrected chi connectivity index (χ4v) is 5.14. The van der Waals surface area contributed by atoms with E-state index in [1.807, 2.05) is 43.3 Å². The van der Waals surface area contributed by atoms with Crippen LogP contribution in [0.5, 0.6) is 0 Å². The molecule has 1 fully saturated rings. The van der Waals surface area contributed by atoms with Crippen LogP contribution in [-0.4, -0.2) is 38.4 Å². The van der Waals surface area contributed by atoms with Gasteiger partial charge < -0.3 is 9.47 Å². The van der Waals surface area contributed by atoms with Crippen molar-refractivity contribution in [3.05, 3.63) is 67.6 Å². The van der Waals surface area contributed by atoms with Gasteiger partial charge in [-0.3, -0.25) is 4.79 Å². The second kappa shape index (κ2) is 8.46. The minimum Gasteiger partial charge on any atom is -0.338 e. The molecule has 1 saturated heterocycles. The number of thiazole rings is 1. The predicted octanol–water partition coefficient (Wildman–Crippen LogP) is 5.33. The van der Waals surface area contributed by atoms with Crippen molar-refractivity contribution < 1.29 is 4.79 Å². The highest BCUT2D eigenvalue weighted by atomic mass is 35.5. The smallest absolute Gasteiger partial charge is 0.265 e. The van der Waals surface area contributed by atoms with Gasteiger partial charge in [0.15, 0.2) is 0 Å². The molecule has 3 heterocycles. The van der Waals surface area contributed by atoms with E-state index < -0.39 is 0 Å². The van der Waals surface area contributed by atoms with Gasteiger partial charge in [0, 0.05) is 41.4 Å². The maximum Gasteiger partial charge on any atom is 0.265 e. The number of aromatic nitrogens is 3. The third kappa shape index (κ3) is 4.34. The Morgan fingerprint density at radius 1 is 1.24 bits per heavy atom. The number of carbonyl (C=O) groups is 1. The summed E-state index contributed by atoms with van der Waals surface area (Å²) in [4.78, 5) is 24.6. The Hall–Kier alpha value is -1.89. The number of likely N-dealkylation sites (tertiary alicyclic amines) is 1. The zero-order valence-corrected chi connectivity index (χ0v) is 18.7. The molecule has 29 heavy (non-hydrogen) atoms. The van der Waals surface area contributed by atoms with Crippen LogP contribution in [-0.2, 0) is 6.54 Å². The van der Waals surface area contributed by atoms with Crippen LogP contribution in [0.2, 0.25) is 10.0 Å². The molecule has 3 aromatic rings. The van der Waals surface area contributed by atoms with Gasteiger partial charge in [-0.05, 0) is 50.5 Å². The van der Waals surface area contributed by atoms with E-state index in [1.165, 1.54) is 11.3 Å². The normalized spacial score (nSPS) is 15.1. The highest BCUT2D eigenvalue weighted by Gasteiger charge is 2.28. The first-order valence-electron chi connectivity index (χ1n) is 9.60. The quantitative estimate of drug-likeness (QED) is 0.541. The first-order chi connectivity index (χ1) is 13.9. The predicted molar refractivity (Wildman–Crippen MR) is 117 cm³/mol. The highest BCUT2D eigenvalue weighted by molar-refractivity contribution is 7.13. The van der Waals surface area contributed by atoms with Crippen molar-refractivity contribution in [2.45, 2.75) is 39.2 Å². The van der Waals surface area contributed by atoms with Crippen molar-refractivity contribution >= 4 is 40.4 Å². The van der Waals surface area contributed by atoms with Crippen molar-refractivity contribution in [1.29, 1.82) is 0 Å². The average Bonchev–Trinajstić information content (AvgIpc) is 3.30. The van der Waals surface area contributed by atoms with Gasteiger partial charge in [0.05, 0.1) is 17.2 Å². The summed E-state index contributed by atoms with van der Waals surface area (Å²) in [5.74, 6) is 1.45. The van der Waals surface area contributed by atoms with Crippen LogP contribution in [0.4, 0.5) is 0 Å². The molecule has 0 saturated carbocycles. The monoisotopic (exact) mass is 448 g/mol. The number of carbonyl (C=O) groups excluding carboxylic acids is 1. The van der Waals surface area contributed by atoms with Crippen molar-refractivity contribution in [3.8, 4) is 0 Å². The van der Waals surface area contributed by atoms with Crippen LogP contribution in [0.15, 0.2) is 30.6 Å². The number of aryl methyl sites for hydroxylation is 2. The molecule has 4 rings (SSSR count). The second-order valence-electron chi connectivity index (χ2n) is 7.36. The zero-order chi connectivity index (χ0) is 20.5. The summed E-state index contributed by atoms with van der Waals surface area (Å²) in [6, 6.07) is 5.51. The number of benzene rings is 1. The molecule has 0 N–H and O–H groups in total. The van der Waals surface area contributed by atoms with E-state index in [2.05, 4.69) is 14.5 Å². The van der Waals surface area contributed by atoms with Gasteiger partial charge in [-0.2, -0.15) is 0 Å². The van der Waals surface area contributed by atoms with E-state index in [0.717, 1.165) is 52.9 Å². The van der Waals surface area contributed by atoms with Crippen LogP contribution in [0.25, 0.3) is 0 Å². The topological polar surface area (TPSA) is 51.0 Å². The number of piperidine rings is 1. The molecule has 0 radical (unpaired) electrons. The van der Waals surface area contributed by atoms with Crippen LogP contribution in [0.1, 0.15) is 50.5 Å². The summed E-state index contributed by atoms with van der Waals surface area (Å²) in [7, 11) is 0. The highest BCUT2D eigenvalue weighted by Crippen LogP contribution is 2.30. The molecule has 5 nitrogen and oxygen atoms in total. The van der Waals surface area contributed by atoms with Crippen LogP contribution >= 0.6 is 34.5 Å². The van der Waals surface area contributed by atoms with Gasteiger partial charge in [-0.15, -0.1) is 11.3 Å². The summed E-state index contributed by atoms with van der Waals surface area (Å²) < 4.78 is 2.14. The summed E-state index contributed by atoms with van der Waals surface area (Å²) in [6.45, 7) is 5.93. The molecule has 1 aromatic carbocycles. The molecular weight excluding hydrogens is 427 g/mol. The number of nitrogens with zero attached hydrogens (tertiary/aromatic N) is 4. The summed E-state index contributed by atoms with van der Waals surface area (Å²) in [6.07, 6.45) is 5.59. The number of halogens is 2. The molecule has 8 heteroatoms. The molecule has 1 amide bonds. The molecular formula is C21H22Cl2N4OS. The Kier molecular flexibility index (Phi) is 5.95. The molecule has 0 bridgehead atoms. The Balaban J connectivity index is 1.44. The third-order valence-electron chi connectivity index (χ3n) is 5.34. The van der Waals surface area contributed by atoms with Crippen molar-refractivity contribution in [2.24, 2.45) is 0 Å². The van der Waals surface area contributed by atoms with Gasteiger partial charge in [-0.25, -0.2) is 9.97 Å². The van der Waals surface area contributed by atoms with E-state index in [-0.39, 0.29) is 5.91 Å². The number of amides is 1. The maximum atomic E-state index is 12.9. The lowest BCUT2D eigenvalue weighted by atomic mass is 9.95. The molecule has 1 aliphatic rings. The largest absolute Gasteiger partial charge is 0.338 e. The van der Waals surface area contributed by atoms with Gasteiger partial charge in [-0.1, -0.05) is 23.2 Å². The standard InChI is InChI=1S/C21H22Cl2N4OS/c1-13-19(29-14(2)25-13)21(28)26-8-5-15(6-9-26)20-24-7-10-27(20)12-16-11-17(22)3-4-18(16)23/h3-4,7,10-11,15H,5-6,8-9,12H2,1-2H3. The fourth-order valence-electron chi connectivity index (χ4n) is 3.88. The van der Waals surface area contributed by atoms with E-state index in [9.17, 15) is 4.79 Å². The first kappa shape index (κ1) is 20.4. The Labute approximate surface area is 184 Å². The van der Waals surface area contributed by atoms with Crippen molar-refractivity contribution in [1.82, 2.24) is 19.4 Å². The van der Waals surface area contributed by atoms with Gasteiger partial charge in [0.2, 0.25) is 0 Å². The lowest BCUT2D eigenvalue weighted by molar-refractivity contribution is 0.0714. The first-order valence-corrected chi connectivity index (χ1v) is 11.2. The van der Waals surface area contributed by atoms with E-state index in [0.29, 0.717) is 22.5 Å². The molecule has 0 aliphatic carbocycles. The maximum absolute atomic E-state index is 12.9. The molecule has 0 atom stereocenters. The molecule has 0 unspecified atom stereocenters. The van der Waals surface area contributed by atoms with Gasteiger partial charge in [0.1, 0.15) is 10.7 Å².